The maximum absolute atomic E-state index is 6.05. The Balaban J connectivity index is 2.07. The van der Waals surface area contributed by atoms with Crippen molar-refractivity contribution in [2.75, 3.05) is 0 Å². The number of aromatic nitrogens is 2. The van der Waals surface area contributed by atoms with E-state index >= 15 is 0 Å². The average Bonchev–Trinajstić information content (AvgIpc) is 2.93. The number of hydrogen-bond acceptors (Lipinski definition) is 3. The van der Waals surface area contributed by atoms with Crippen molar-refractivity contribution in [2.45, 2.75) is 19.2 Å². The fourth-order valence-corrected chi connectivity index (χ4v) is 3.73. The third-order valence-electron chi connectivity index (χ3n) is 3.07. The molecule has 2 aromatic heterocycles. The first-order chi connectivity index (χ1) is 9.60. The topological polar surface area (TPSA) is 26.5 Å². The molecule has 1 aromatic carbocycles. The molecule has 2 heterocycles. The molecule has 0 unspecified atom stereocenters. The van der Waals surface area contributed by atoms with E-state index in [1.165, 1.54) is 0 Å². The molecule has 0 aliphatic carbocycles. The van der Waals surface area contributed by atoms with Crippen LogP contribution < -0.4 is 4.74 Å². The van der Waals surface area contributed by atoms with Crippen molar-refractivity contribution in [1.82, 2.24) is 9.38 Å². The molecule has 0 N–H and O–H groups in total. The normalized spacial score (nSPS) is 11.2. The minimum absolute atomic E-state index is 0.641. The van der Waals surface area contributed by atoms with Crippen LogP contribution in [0.5, 0.6) is 11.6 Å². The van der Waals surface area contributed by atoms with Crippen LogP contribution in [0.1, 0.15) is 16.8 Å². The van der Waals surface area contributed by atoms with E-state index in [0.717, 1.165) is 32.6 Å². The van der Waals surface area contributed by atoms with Gasteiger partial charge in [0.2, 0.25) is 5.88 Å². The number of thiazole rings is 1. The van der Waals surface area contributed by atoms with Gasteiger partial charge in [-0.2, -0.15) is 4.98 Å². The molecule has 0 atom stereocenters. The van der Waals surface area contributed by atoms with Crippen LogP contribution in [-0.2, 0) is 5.33 Å². The van der Waals surface area contributed by atoms with Gasteiger partial charge in [-0.05, 0) is 37.1 Å². The smallest absolute Gasteiger partial charge is 0.243 e. The summed E-state index contributed by atoms with van der Waals surface area (Å²) in [6.45, 7) is 3.97. The Morgan fingerprint density at radius 2 is 2.05 bits per heavy atom. The number of benzene rings is 1. The molecule has 0 fully saturated rings. The van der Waals surface area contributed by atoms with Crippen LogP contribution in [0.15, 0.2) is 23.7 Å². The third kappa shape index (κ3) is 2.34. The Bertz CT molecular complexity index is 758. The van der Waals surface area contributed by atoms with Gasteiger partial charge >= 0.3 is 0 Å². The van der Waals surface area contributed by atoms with Gasteiger partial charge < -0.3 is 4.74 Å². The van der Waals surface area contributed by atoms with E-state index in [1.807, 2.05) is 42.0 Å². The number of halogens is 2. The molecule has 0 radical (unpaired) electrons. The highest BCUT2D eigenvalue weighted by Crippen LogP contribution is 2.34. The van der Waals surface area contributed by atoms with Crippen LogP contribution in [0.25, 0.3) is 4.96 Å². The van der Waals surface area contributed by atoms with Gasteiger partial charge in [0.1, 0.15) is 5.75 Å². The van der Waals surface area contributed by atoms with Crippen LogP contribution in [0.4, 0.5) is 0 Å². The van der Waals surface area contributed by atoms with Gasteiger partial charge in [-0.1, -0.05) is 27.5 Å². The maximum Gasteiger partial charge on any atom is 0.243 e. The second-order valence-corrected chi connectivity index (χ2v) is 6.39. The van der Waals surface area contributed by atoms with E-state index < -0.39 is 0 Å². The summed E-state index contributed by atoms with van der Waals surface area (Å²) in [6.07, 6.45) is 2.00. The third-order valence-corrected chi connectivity index (χ3v) is 4.58. The van der Waals surface area contributed by atoms with Crippen molar-refractivity contribution in [1.29, 1.82) is 0 Å². The molecule has 3 aromatic rings. The first-order valence-corrected chi connectivity index (χ1v) is 8.43. The highest BCUT2D eigenvalue weighted by atomic mass is 79.9. The highest BCUT2D eigenvalue weighted by molar-refractivity contribution is 9.08. The van der Waals surface area contributed by atoms with E-state index in [0.29, 0.717) is 11.2 Å². The maximum atomic E-state index is 6.05. The van der Waals surface area contributed by atoms with Gasteiger partial charge in [0.15, 0.2) is 4.96 Å². The van der Waals surface area contributed by atoms with Crippen molar-refractivity contribution in [3.8, 4) is 11.6 Å². The Hall–Kier alpha value is -1.04. The zero-order chi connectivity index (χ0) is 14.3. The van der Waals surface area contributed by atoms with Gasteiger partial charge in [-0.3, -0.25) is 4.40 Å². The number of ether oxygens (including phenoxy) is 1. The Kier molecular flexibility index (Phi) is 3.75. The molecule has 0 saturated heterocycles. The summed E-state index contributed by atoms with van der Waals surface area (Å²) in [4.78, 5) is 5.47. The van der Waals surface area contributed by atoms with Crippen molar-refractivity contribution in [3.05, 3.63) is 45.6 Å². The predicted octanol–water partition coefficient (Wildman–Crippen LogP) is 5.35. The molecular formula is C14H12BrClN2OS. The van der Waals surface area contributed by atoms with Crippen molar-refractivity contribution < 1.29 is 4.74 Å². The quantitative estimate of drug-likeness (QED) is 0.580. The van der Waals surface area contributed by atoms with Crippen LogP contribution in [0, 0.1) is 13.8 Å². The molecule has 0 spiro atoms. The predicted molar refractivity (Wildman–Crippen MR) is 86.7 cm³/mol. The molecule has 0 saturated carbocycles. The summed E-state index contributed by atoms with van der Waals surface area (Å²) in [5, 5.41) is 3.42. The number of imidazole rings is 1. The van der Waals surface area contributed by atoms with Gasteiger partial charge in [0.05, 0.1) is 5.69 Å². The summed E-state index contributed by atoms with van der Waals surface area (Å²) in [5.41, 5.74) is 3.02. The molecule has 6 heteroatoms. The van der Waals surface area contributed by atoms with Gasteiger partial charge in [0.25, 0.3) is 0 Å². The fourth-order valence-electron chi connectivity index (χ4n) is 2.17. The number of fused-ring (bicyclic) bond motifs is 1. The van der Waals surface area contributed by atoms with E-state index in [2.05, 4.69) is 20.9 Å². The molecule has 20 heavy (non-hydrogen) atoms. The van der Waals surface area contributed by atoms with Crippen LogP contribution in [0.2, 0.25) is 5.02 Å². The number of rotatable bonds is 3. The molecule has 104 valence electrons. The summed E-state index contributed by atoms with van der Waals surface area (Å²) in [5.74, 6) is 1.46. The second-order valence-electron chi connectivity index (χ2n) is 4.52. The van der Waals surface area contributed by atoms with Crippen LogP contribution in [-0.4, -0.2) is 9.38 Å². The molecule has 0 aliphatic rings. The molecule has 0 aliphatic heterocycles. The summed E-state index contributed by atoms with van der Waals surface area (Å²) in [6, 6.07) is 3.80. The largest absolute Gasteiger partial charge is 0.437 e. The minimum Gasteiger partial charge on any atom is -0.437 e. The first kappa shape index (κ1) is 13.9. The van der Waals surface area contributed by atoms with Gasteiger partial charge in [-0.15, -0.1) is 11.3 Å². The van der Waals surface area contributed by atoms with E-state index in [4.69, 9.17) is 16.3 Å². The Labute approximate surface area is 134 Å². The SMILES string of the molecule is Cc1cc(Cl)cc(C)c1Oc1nc2sccn2c1CBr. The van der Waals surface area contributed by atoms with Crippen molar-refractivity contribution >= 4 is 43.8 Å². The summed E-state index contributed by atoms with van der Waals surface area (Å²) in [7, 11) is 0. The lowest BCUT2D eigenvalue weighted by Crippen LogP contribution is -1.95. The van der Waals surface area contributed by atoms with Crippen molar-refractivity contribution in [3.63, 3.8) is 0 Å². The summed E-state index contributed by atoms with van der Waals surface area (Å²) < 4.78 is 8.08. The number of aryl methyl sites for hydroxylation is 2. The van der Waals surface area contributed by atoms with Crippen LogP contribution >= 0.6 is 38.9 Å². The Morgan fingerprint density at radius 3 is 2.70 bits per heavy atom. The molecular weight excluding hydrogens is 360 g/mol. The second kappa shape index (κ2) is 5.39. The molecule has 0 amide bonds. The highest BCUT2D eigenvalue weighted by Gasteiger charge is 2.16. The minimum atomic E-state index is 0.641. The van der Waals surface area contributed by atoms with Crippen molar-refractivity contribution in [2.24, 2.45) is 0 Å². The van der Waals surface area contributed by atoms with E-state index in [-0.39, 0.29) is 0 Å². The molecule has 3 rings (SSSR count). The summed E-state index contributed by atoms with van der Waals surface area (Å²) >= 11 is 11.1. The Morgan fingerprint density at radius 1 is 1.35 bits per heavy atom. The monoisotopic (exact) mass is 370 g/mol. The average molecular weight is 372 g/mol. The number of nitrogens with zero attached hydrogens (tertiary/aromatic N) is 2. The van der Waals surface area contributed by atoms with Gasteiger partial charge in [-0.25, -0.2) is 0 Å². The molecule has 0 bridgehead atoms. The molecule has 3 nitrogen and oxygen atoms in total. The zero-order valence-electron chi connectivity index (χ0n) is 11.0. The number of hydrogen-bond donors (Lipinski definition) is 0. The lowest BCUT2D eigenvalue weighted by molar-refractivity contribution is 0.455. The lowest BCUT2D eigenvalue weighted by atomic mass is 10.1. The fraction of sp³-hybridized carbons (Fsp3) is 0.214. The van der Waals surface area contributed by atoms with E-state index in [1.54, 1.807) is 11.3 Å². The lowest BCUT2D eigenvalue weighted by Gasteiger charge is -2.11. The first-order valence-electron chi connectivity index (χ1n) is 6.05. The van der Waals surface area contributed by atoms with Crippen LogP contribution in [0.3, 0.4) is 0 Å². The van der Waals surface area contributed by atoms with E-state index in [9.17, 15) is 0 Å². The number of alkyl halides is 1. The zero-order valence-corrected chi connectivity index (χ0v) is 14.1. The van der Waals surface area contributed by atoms with Gasteiger partial charge in [0, 0.05) is 21.9 Å². The standard InChI is InChI=1S/C14H12BrClN2OS/c1-8-5-10(16)6-9(2)12(8)19-13-11(7-15)18-3-4-20-14(18)17-13/h3-6H,7H2,1-2H3.